The summed E-state index contributed by atoms with van der Waals surface area (Å²) in [6, 6.07) is 6.18. The van der Waals surface area contributed by atoms with Gasteiger partial charge in [0.1, 0.15) is 5.75 Å². The van der Waals surface area contributed by atoms with E-state index >= 15 is 0 Å². The second kappa shape index (κ2) is 5.72. The Labute approximate surface area is 164 Å². The van der Waals surface area contributed by atoms with E-state index in [0.29, 0.717) is 12.8 Å². The molecule has 1 aromatic carbocycles. The predicted molar refractivity (Wildman–Crippen MR) is 98.9 cm³/mol. The molecule has 28 heavy (non-hydrogen) atoms. The van der Waals surface area contributed by atoms with Gasteiger partial charge in [-0.1, -0.05) is 6.07 Å². The van der Waals surface area contributed by atoms with Crippen LogP contribution in [0.1, 0.15) is 62.7 Å². The van der Waals surface area contributed by atoms with Gasteiger partial charge in [0.15, 0.2) is 5.41 Å². The molecule has 6 rings (SSSR count). The Morgan fingerprint density at radius 1 is 1.11 bits per heavy atom. The average molecular weight is 386 g/mol. The number of esters is 2. The Hall–Kier alpha value is -2.08. The number of ether oxygens (including phenoxy) is 4. The molecule has 2 saturated carbocycles. The van der Waals surface area contributed by atoms with Crippen LogP contribution < -0.4 is 4.74 Å². The Bertz CT molecular complexity index is 845. The van der Waals surface area contributed by atoms with E-state index in [1.165, 1.54) is 11.1 Å². The molecule has 0 N–H and O–H groups in total. The van der Waals surface area contributed by atoms with Gasteiger partial charge in [0.05, 0.1) is 32.0 Å². The van der Waals surface area contributed by atoms with E-state index in [-0.39, 0.29) is 30.7 Å². The van der Waals surface area contributed by atoms with Gasteiger partial charge < -0.3 is 18.9 Å². The van der Waals surface area contributed by atoms with E-state index in [1.54, 1.807) is 21.0 Å². The van der Waals surface area contributed by atoms with Crippen molar-refractivity contribution in [2.45, 2.75) is 57.2 Å². The van der Waals surface area contributed by atoms with Crippen LogP contribution in [0.5, 0.6) is 5.75 Å². The van der Waals surface area contributed by atoms with E-state index in [4.69, 9.17) is 18.9 Å². The summed E-state index contributed by atoms with van der Waals surface area (Å²) in [4.78, 5) is 25.8. The molecule has 0 radical (unpaired) electrons. The molecule has 2 spiro atoms. The second-order valence-electron chi connectivity index (χ2n) is 8.48. The number of methoxy groups -OCH3 is 1. The monoisotopic (exact) mass is 386 g/mol. The second-order valence-corrected chi connectivity index (χ2v) is 8.48. The van der Waals surface area contributed by atoms with Crippen LogP contribution in [0.4, 0.5) is 0 Å². The van der Waals surface area contributed by atoms with Crippen molar-refractivity contribution in [2.75, 3.05) is 20.3 Å². The average Bonchev–Trinajstić information content (AvgIpc) is 3.15. The van der Waals surface area contributed by atoms with Crippen LogP contribution in [0.3, 0.4) is 0 Å². The van der Waals surface area contributed by atoms with Gasteiger partial charge in [-0.2, -0.15) is 0 Å². The lowest BCUT2D eigenvalue weighted by atomic mass is 9.68. The topological polar surface area (TPSA) is 71.1 Å². The lowest BCUT2D eigenvalue weighted by Gasteiger charge is -2.37. The summed E-state index contributed by atoms with van der Waals surface area (Å²) in [6.07, 6.45) is 2.53. The molecule has 1 aromatic rings. The van der Waals surface area contributed by atoms with Gasteiger partial charge in [0.25, 0.3) is 0 Å². The first kappa shape index (κ1) is 18.0. The summed E-state index contributed by atoms with van der Waals surface area (Å²) >= 11 is 0. The lowest BCUT2D eigenvalue weighted by Crippen LogP contribution is -2.49. The maximum atomic E-state index is 12.9. The van der Waals surface area contributed by atoms with Crippen LogP contribution in [0, 0.1) is 10.8 Å². The maximum Gasteiger partial charge on any atom is 0.323 e. The van der Waals surface area contributed by atoms with Crippen molar-refractivity contribution in [3.05, 3.63) is 29.3 Å². The largest absolute Gasteiger partial charge is 0.497 e. The van der Waals surface area contributed by atoms with Gasteiger partial charge in [0, 0.05) is 17.8 Å². The molecule has 1 saturated heterocycles. The highest BCUT2D eigenvalue weighted by atomic mass is 16.6. The summed E-state index contributed by atoms with van der Waals surface area (Å²) < 4.78 is 22.6. The number of carbonyl (C=O) groups is 2. The molecule has 2 aliphatic heterocycles. The molecular formula is C22H26O6. The van der Waals surface area contributed by atoms with Crippen molar-refractivity contribution in [3.63, 3.8) is 0 Å². The molecule has 4 bridgehead atoms. The molecule has 2 heterocycles. The zero-order chi connectivity index (χ0) is 19.7. The fourth-order valence-corrected chi connectivity index (χ4v) is 6.40. The molecule has 3 aliphatic carbocycles. The summed E-state index contributed by atoms with van der Waals surface area (Å²) in [5.41, 5.74) is 0.779. The maximum absolute atomic E-state index is 12.9. The van der Waals surface area contributed by atoms with Gasteiger partial charge in [-0.3, -0.25) is 9.59 Å². The summed E-state index contributed by atoms with van der Waals surface area (Å²) in [5, 5.41) is 0. The van der Waals surface area contributed by atoms with Crippen molar-refractivity contribution in [1.29, 1.82) is 0 Å². The van der Waals surface area contributed by atoms with Crippen molar-refractivity contribution >= 4 is 11.9 Å². The van der Waals surface area contributed by atoms with Crippen LogP contribution >= 0.6 is 0 Å². The van der Waals surface area contributed by atoms with E-state index in [0.717, 1.165) is 18.6 Å². The van der Waals surface area contributed by atoms with Crippen LogP contribution in [0.25, 0.3) is 0 Å². The molecule has 5 aliphatic rings. The minimum atomic E-state index is -1.26. The number of rotatable bonds is 5. The van der Waals surface area contributed by atoms with Crippen molar-refractivity contribution < 1.29 is 28.5 Å². The third-order valence-electron chi connectivity index (χ3n) is 7.53. The van der Waals surface area contributed by atoms with E-state index in [2.05, 4.69) is 12.1 Å². The molecule has 6 nitrogen and oxygen atoms in total. The summed E-state index contributed by atoms with van der Waals surface area (Å²) in [7, 11) is 1.67. The molecule has 4 atom stereocenters. The third-order valence-corrected chi connectivity index (χ3v) is 7.53. The highest BCUT2D eigenvalue weighted by Gasteiger charge is 2.88. The van der Waals surface area contributed by atoms with Crippen LogP contribution in [-0.2, 0) is 23.8 Å². The van der Waals surface area contributed by atoms with Gasteiger partial charge in [-0.15, -0.1) is 0 Å². The van der Waals surface area contributed by atoms with Crippen molar-refractivity contribution in [1.82, 2.24) is 0 Å². The molecule has 0 unspecified atom stereocenters. The fraction of sp³-hybridized carbons (Fsp3) is 0.636. The normalized spacial score (nSPS) is 35.4. The van der Waals surface area contributed by atoms with Crippen molar-refractivity contribution in [3.8, 4) is 5.75 Å². The molecule has 3 fully saturated rings. The standard InChI is InChI=1S/C22H26O6/c1-4-26-18(23)20(19(24)27-5-2)8-9-21-11-16-15-10-13(25-3)6-7-14(15)17(21)22(21,12-20)28-16/h6-7,10,16-17H,4-5,8-9,11-12H2,1-3H3/t16-,17-,21+,22-/m0/s1. The third kappa shape index (κ3) is 1.92. The number of carbonyl (C=O) groups excluding carboxylic acids is 2. The van der Waals surface area contributed by atoms with Crippen LogP contribution in [-0.4, -0.2) is 37.9 Å². The Kier molecular flexibility index (Phi) is 3.67. The Morgan fingerprint density at radius 3 is 2.46 bits per heavy atom. The smallest absolute Gasteiger partial charge is 0.323 e. The zero-order valence-electron chi connectivity index (χ0n) is 16.6. The van der Waals surface area contributed by atoms with E-state index in [1.807, 2.05) is 6.07 Å². The summed E-state index contributed by atoms with van der Waals surface area (Å²) in [5.74, 6) is 0.112. The highest BCUT2D eigenvalue weighted by molar-refractivity contribution is 6.00. The quantitative estimate of drug-likeness (QED) is 0.571. The summed E-state index contributed by atoms with van der Waals surface area (Å²) in [6.45, 7) is 4.01. The first-order chi connectivity index (χ1) is 13.5. The first-order valence-corrected chi connectivity index (χ1v) is 10.2. The van der Waals surface area contributed by atoms with E-state index in [9.17, 15) is 9.59 Å². The minimum absolute atomic E-state index is 0.00436. The molecule has 0 aromatic heterocycles. The van der Waals surface area contributed by atoms with Crippen LogP contribution in [0.15, 0.2) is 18.2 Å². The molecule has 0 amide bonds. The highest BCUT2D eigenvalue weighted by Crippen LogP contribution is 2.87. The minimum Gasteiger partial charge on any atom is -0.497 e. The lowest BCUT2D eigenvalue weighted by molar-refractivity contribution is -0.180. The molecular weight excluding hydrogens is 360 g/mol. The van der Waals surface area contributed by atoms with Gasteiger partial charge in [0.2, 0.25) is 0 Å². The van der Waals surface area contributed by atoms with Gasteiger partial charge >= 0.3 is 11.9 Å². The first-order valence-electron chi connectivity index (χ1n) is 10.2. The number of benzene rings is 1. The van der Waals surface area contributed by atoms with Crippen molar-refractivity contribution in [2.24, 2.45) is 10.8 Å². The number of hydrogen-bond donors (Lipinski definition) is 0. The Balaban J connectivity index is 1.54. The number of hydrogen-bond acceptors (Lipinski definition) is 6. The SMILES string of the molecule is CCOC(=O)C1(C(=O)OCC)CC[C@]23C[C@@H]4O[C@@]2(C1)[C@H]3c1ccc(OC)cc14. The molecule has 150 valence electrons. The zero-order valence-corrected chi connectivity index (χ0v) is 16.6. The predicted octanol–water partition coefficient (Wildman–Crippen LogP) is 3.29. The van der Waals surface area contributed by atoms with Gasteiger partial charge in [-0.25, -0.2) is 0 Å². The van der Waals surface area contributed by atoms with E-state index < -0.39 is 23.0 Å². The molecule has 6 heteroatoms. The van der Waals surface area contributed by atoms with Gasteiger partial charge in [-0.05, 0) is 56.4 Å². The fourth-order valence-electron chi connectivity index (χ4n) is 6.40. The van der Waals surface area contributed by atoms with Crippen LogP contribution in [0.2, 0.25) is 0 Å². The Morgan fingerprint density at radius 2 is 1.82 bits per heavy atom.